The largest absolute Gasteiger partial charge is 0.399 e. The average Bonchev–Trinajstić information content (AvgIpc) is 1.87. The van der Waals surface area contributed by atoms with Crippen molar-refractivity contribution in [1.82, 2.24) is 0 Å². The molecular weight excluding hydrogens is 138 g/mol. The first-order valence-electron chi connectivity index (χ1n) is 4.23. The van der Waals surface area contributed by atoms with E-state index in [1.807, 2.05) is 6.92 Å². The van der Waals surface area contributed by atoms with Crippen LogP contribution in [0.1, 0.15) is 40.0 Å². The van der Waals surface area contributed by atoms with Crippen molar-refractivity contribution < 1.29 is 4.84 Å². The van der Waals surface area contributed by atoms with Crippen molar-refractivity contribution in [2.75, 3.05) is 7.11 Å². The van der Waals surface area contributed by atoms with E-state index in [4.69, 9.17) is 0 Å². The summed E-state index contributed by atoms with van der Waals surface area (Å²) >= 11 is 0. The molecule has 0 bridgehead atoms. The minimum Gasteiger partial charge on any atom is -0.399 e. The van der Waals surface area contributed by atoms with Crippen LogP contribution >= 0.6 is 0 Å². The Hall–Kier alpha value is -0.530. The molecule has 0 N–H and O–H groups in total. The van der Waals surface area contributed by atoms with Crippen LogP contribution in [0.3, 0.4) is 0 Å². The summed E-state index contributed by atoms with van der Waals surface area (Å²) in [5.74, 6) is 0.797. The topological polar surface area (TPSA) is 21.6 Å². The molecule has 0 fully saturated rings. The van der Waals surface area contributed by atoms with E-state index in [-0.39, 0.29) is 0 Å². The highest BCUT2D eigenvalue weighted by atomic mass is 16.6. The molecule has 0 spiro atoms. The first-order chi connectivity index (χ1) is 5.16. The zero-order valence-electron chi connectivity index (χ0n) is 8.05. The number of oxime groups is 1. The number of hydrogen-bond donors (Lipinski definition) is 0. The van der Waals surface area contributed by atoms with Gasteiger partial charge < -0.3 is 4.84 Å². The third-order valence-corrected chi connectivity index (χ3v) is 1.57. The molecule has 0 aliphatic heterocycles. The molecule has 0 aliphatic rings. The zero-order chi connectivity index (χ0) is 8.69. The fraction of sp³-hybridized carbons (Fsp3) is 0.889. The second kappa shape index (κ2) is 6.20. The average molecular weight is 157 g/mol. The fourth-order valence-corrected chi connectivity index (χ4v) is 0.968. The van der Waals surface area contributed by atoms with Crippen molar-refractivity contribution in [3.8, 4) is 0 Å². The first-order valence-corrected chi connectivity index (χ1v) is 4.23. The predicted octanol–water partition coefficient (Wildman–Crippen LogP) is 2.84. The van der Waals surface area contributed by atoms with Crippen molar-refractivity contribution in [2.24, 2.45) is 11.1 Å². The molecule has 66 valence electrons. The Morgan fingerprint density at radius 3 is 2.55 bits per heavy atom. The van der Waals surface area contributed by atoms with Gasteiger partial charge in [0.2, 0.25) is 0 Å². The van der Waals surface area contributed by atoms with E-state index >= 15 is 0 Å². The summed E-state index contributed by atoms with van der Waals surface area (Å²) in [6.45, 7) is 6.48. The van der Waals surface area contributed by atoms with Crippen LogP contribution in [0.15, 0.2) is 5.16 Å². The number of hydrogen-bond acceptors (Lipinski definition) is 2. The lowest BCUT2D eigenvalue weighted by Gasteiger charge is -2.02. The molecule has 0 atom stereocenters. The van der Waals surface area contributed by atoms with Gasteiger partial charge in [-0.2, -0.15) is 0 Å². The van der Waals surface area contributed by atoms with Gasteiger partial charge >= 0.3 is 0 Å². The Bertz CT molecular complexity index is 119. The van der Waals surface area contributed by atoms with Crippen LogP contribution in [0.5, 0.6) is 0 Å². The van der Waals surface area contributed by atoms with Crippen LogP contribution in [0, 0.1) is 5.92 Å². The van der Waals surface area contributed by atoms with Gasteiger partial charge in [-0.15, -0.1) is 0 Å². The van der Waals surface area contributed by atoms with Gasteiger partial charge in [0.15, 0.2) is 0 Å². The van der Waals surface area contributed by atoms with Gasteiger partial charge in [-0.25, -0.2) is 0 Å². The summed E-state index contributed by atoms with van der Waals surface area (Å²) in [4.78, 5) is 4.65. The van der Waals surface area contributed by atoms with Crippen molar-refractivity contribution in [1.29, 1.82) is 0 Å². The Labute approximate surface area is 69.6 Å². The molecule has 0 aromatic heterocycles. The fourth-order valence-electron chi connectivity index (χ4n) is 0.968. The molecule has 0 rings (SSSR count). The second-order valence-corrected chi connectivity index (χ2v) is 3.30. The Kier molecular flexibility index (Phi) is 5.90. The molecule has 0 saturated heterocycles. The minimum atomic E-state index is 0.797. The summed E-state index contributed by atoms with van der Waals surface area (Å²) in [7, 11) is 1.59. The van der Waals surface area contributed by atoms with Crippen LogP contribution in [0.25, 0.3) is 0 Å². The molecule has 0 aliphatic carbocycles. The molecule has 2 nitrogen and oxygen atoms in total. The van der Waals surface area contributed by atoms with E-state index in [0.717, 1.165) is 18.1 Å². The van der Waals surface area contributed by atoms with Crippen LogP contribution in [0.4, 0.5) is 0 Å². The zero-order valence-corrected chi connectivity index (χ0v) is 8.05. The SMILES string of the molecule is CO/N=C(\C)CCCC(C)C. The molecule has 0 heterocycles. The highest BCUT2D eigenvalue weighted by molar-refractivity contribution is 5.81. The third kappa shape index (κ3) is 7.37. The third-order valence-electron chi connectivity index (χ3n) is 1.57. The molecule has 0 aromatic rings. The molecular formula is C9H19NO. The number of rotatable bonds is 5. The van der Waals surface area contributed by atoms with Gasteiger partial charge in [0.05, 0.1) is 5.71 Å². The van der Waals surface area contributed by atoms with Gasteiger partial charge in [-0.05, 0) is 25.7 Å². The standard InChI is InChI=1S/C9H19NO/c1-8(2)6-5-7-9(3)10-11-4/h8H,5-7H2,1-4H3/b10-9+. The van der Waals surface area contributed by atoms with Crippen LogP contribution in [0.2, 0.25) is 0 Å². The molecule has 2 heteroatoms. The second-order valence-electron chi connectivity index (χ2n) is 3.30. The molecule has 0 saturated carbocycles. The van der Waals surface area contributed by atoms with Gasteiger partial charge in [0.1, 0.15) is 7.11 Å². The molecule has 0 aromatic carbocycles. The minimum absolute atomic E-state index is 0.797. The lowest BCUT2D eigenvalue weighted by Crippen LogP contribution is -1.94. The van der Waals surface area contributed by atoms with E-state index in [1.54, 1.807) is 7.11 Å². The van der Waals surface area contributed by atoms with E-state index < -0.39 is 0 Å². The van der Waals surface area contributed by atoms with E-state index in [0.29, 0.717) is 0 Å². The summed E-state index contributed by atoms with van der Waals surface area (Å²) in [6.07, 6.45) is 3.55. The maximum atomic E-state index is 4.65. The van der Waals surface area contributed by atoms with Crippen molar-refractivity contribution in [3.05, 3.63) is 0 Å². The van der Waals surface area contributed by atoms with Crippen LogP contribution < -0.4 is 0 Å². The summed E-state index contributed by atoms with van der Waals surface area (Å²) in [5.41, 5.74) is 1.09. The van der Waals surface area contributed by atoms with Gasteiger partial charge in [0, 0.05) is 0 Å². The van der Waals surface area contributed by atoms with E-state index in [9.17, 15) is 0 Å². The van der Waals surface area contributed by atoms with Crippen molar-refractivity contribution in [2.45, 2.75) is 40.0 Å². The first kappa shape index (κ1) is 10.5. The molecule has 11 heavy (non-hydrogen) atoms. The maximum absolute atomic E-state index is 4.65. The Morgan fingerprint density at radius 2 is 2.09 bits per heavy atom. The Morgan fingerprint density at radius 1 is 1.45 bits per heavy atom. The normalized spacial score (nSPS) is 12.3. The highest BCUT2D eigenvalue weighted by Crippen LogP contribution is 2.06. The monoisotopic (exact) mass is 157 g/mol. The van der Waals surface area contributed by atoms with E-state index in [2.05, 4.69) is 23.8 Å². The molecule has 0 amide bonds. The maximum Gasteiger partial charge on any atom is 0.106 e. The predicted molar refractivity (Wildman–Crippen MR) is 48.8 cm³/mol. The van der Waals surface area contributed by atoms with Crippen LogP contribution in [-0.4, -0.2) is 12.8 Å². The number of nitrogens with zero attached hydrogens (tertiary/aromatic N) is 1. The van der Waals surface area contributed by atoms with Gasteiger partial charge in [0.25, 0.3) is 0 Å². The smallest absolute Gasteiger partial charge is 0.106 e. The highest BCUT2D eigenvalue weighted by Gasteiger charge is 1.95. The van der Waals surface area contributed by atoms with Crippen molar-refractivity contribution >= 4 is 5.71 Å². The molecule has 0 unspecified atom stereocenters. The van der Waals surface area contributed by atoms with Gasteiger partial charge in [-0.1, -0.05) is 25.4 Å². The quantitative estimate of drug-likeness (QED) is 0.444. The van der Waals surface area contributed by atoms with Gasteiger partial charge in [-0.3, -0.25) is 0 Å². The van der Waals surface area contributed by atoms with Crippen LogP contribution in [-0.2, 0) is 4.84 Å². The molecule has 0 radical (unpaired) electrons. The van der Waals surface area contributed by atoms with E-state index in [1.165, 1.54) is 12.8 Å². The lowest BCUT2D eigenvalue weighted by atomic mass is 10.1. The lowest BCUT2D eigenvalue weighted by molar-refractivity contribution is 0.212. The summed E-state index contributed by atoms with van der Waals surface area (Å²) in [6, 6.07) is 0. The summed E-state index contributed by atoms with van der Waals surface area (Å²) in [5, 5.41) is 3.84. The Balaban J connectivity index is 3.31. The summed E-state index contributed by atoms with van der Waals surface area (Å²) < 4.78 is 0. The van der Waals surface area contributed by atoms with Crippen molar-refractivity contribution in [3.63, 3.8) is 0 Å².